The maximum absolute atomic E-state index is 12.8. The molecule has 6 heteroatoms. The van der Waals surface area contributed by atoms with Gasteiger partial charge in [-0.05, 0) is 35.7 Å². The molecule has 32 heavy (non-hydrogen) atoms. The summed E-state index contributed by atoms with van der Waals surface area (Å²) in [5, 5.41) is 6.43. The number of ether oxygens (including phenoxy) is 1. The zero-order valence-electron chi connectivity index (χ0n) is 17.6. The van der Waals surface area contributed by atoms with Crippen LogP contribution in [0.5, 0.6) is 0 Å². The Hall–Kier alpha value is -3.93. The number of para-hydroxylation sites is 2. The molecule has 2 aliphatic rings. The molecule has 1 atom stereocenters. The summed E-state index contributed by atoms with van der Waals surface area (Å²) in [5.74, 6) is -0.772. The highest BCUT2D eigenvalue weighted by atomic mass is 16.5. The third kappa shape index (κ3) is 3.87. The third-order valence-corrected chi connectivity index (χ3v) is 5.87. The van der Waals surface area contributed by atoms with Crippen LogP contribution in [-0.4, -0.2) is 30.7 Å². The van der Waals surface area contributed by atoms with E-state index in [4.69, 9.17) is 4.74 Å². The summed E-state index contributed by atoms with van der Waals surface area (Å²) >= 11 is 0. The highest BCUT2D eigenvalue weighted by Crippen LogP contribution is 2.35. The van der Waals surface area contributed by atoms with Crippen molar-refractivity contribution in [3.63, 3.8) is 0 Å². The Bertz CT molecular complexity index is 1160. The average Bonchev–Trinajstić information content (AvgIpc) is 3.49. The van der Waals surface area contributed by atoms with Gasteiger partial charge in [-0.25, -0.2) is 4.79 Å². The van der Waals surface area contributed by atoms with Gasteiger partial charge in [-0.2, -0.15) is 5.10 Å². The minimum absolute atomic E-state index is 0.109. The van der Waals surface area contributed by atoms with E-state index < -0.39 is 5.97 Å². The first-order valence-corrected chi connectivity index (χ1v) is 10.7. The standard InChI is InChI=1S/C26H23N3O3/c30-25(28-16-15-20-11-7-8-14-23(20)28)18-32-26(31)22-17-24(19-9-3-1-4-10-19)29(27-22)21-12-5-2-6-13-21/h1-14,24H,15-18H2. The molecule has 160 valence electrons. The fourth-order valence-corrected chi connectivity index (χ4v) is 4.27. The molecular formula is C26H23N3O3. The maximum atomic E-state index is 12.8. The molecule has 0 saturated heterocycles. The van der Waals surface area contributed by atoms with Crippen LogP contribution in [0.15, 0.2) is 90.0 Å². The second-order valence-electron chi connectivity index (χ2n) is 7.86. The summed E-state index contributed by atoms with van der Waals surface area (Å²) in [7, 11) is 0. The van der Waals surface area contributed by atoms with Crippen LogP contribution < -0.4 is 9.91 Å². The van der Waals surface area contributed by atoms with Crippen molar-refractivity contribution in [1.82, 2.24) is 0 Å². The Kier molecular flexibility index (Phi) is 5.42. The fourth-order valence-electron chi connectivity index (χ4n) is 4.27. The first-order chi connectivity index (χ1) is 15.7. The predicted octanol–water partition coefficient (Wildman–Crippen LogP) is 4.13. The first-order valence-electron chi connectivity index (χ1n) is 10.7. The Morgan fingerprint density at radius 3 is 2.38 bits per heavy atom. The number of hydrogen-bond donors (Lipinski definition) is 0. The molecule has 5 rings (SSSR count). The van der Waals surface area contributed by atoms with E-state index >= 15 is 0 Å². The molecule has 6 nitrogen and oxygen atoms in total. The summed E-state index contributed by atoms with van der Waals surface area (Å²) in [4.78, 5) is 27.2. The van der Waals surface area contributed by atoms with Crippen LogP contribution in [0.2, 0.25) is 0 Å². The molecule has 0 aliphatic carbocycles. The van der Waals surface area contributed by atoms with Gasteiger partial charge in [0.2, 0.25) is 0 Å². The highest BCUT2D eigenvalue weighted by molar-refractivity contribution is 6.37. The van der Waals surface area contributed by atoms with Crippen molar-refractivity contribution < 1.29 is 14.3 Å². The second kappa shape index (κ2) is 8.67. The van der Waals surface area contributed by atoms with Crippen molar-refractivity contribution in [2.45, 2.75) is 18.9 Å². The molecule has 2 aliphatic heterocycles. The van der Waals surface area contributed by atoms with Gasteiger partial charge >= 0.3 is 5.97 Å². The zero-order valence-corrected chi connectivity index (χ0v) is 17.6. The van der Waals surface area contributed by atoms with Gasteiger partial charge in [0, 0.05) is 18.7 Å². The van der Waals surface area contributed by atoms with E-state index in [-0.39, 0.29) is 18.6 Å². The average molecular weight is 425 g/mol. The Balaban J connectivity index is 1.30. The molecular weight excluding hydrogens is 402 g/mol. The monoisotopic (exact) mass is 425 g/mol. The van der Waals surface area contributed by atoms with Gasteiger partial charge in [0.25, 0.3) is 5.91 Å². The molecule has 0 bridgehead atoms. The van der Waals surface area contributed by atoms with Gasteiger partial charge in [0.15, 0.2) is 6.61 Å². The molecule has 0 aromatic heterocycles. The summed E-state index contributed by atoms with van der Waals surface area (Å²) in [6.45, 7) is 0.308. The number of fused-ring (bicyclic) bond motifs is 1. The number of hydrazone groups is 1. The maximum Gasteiger partial charge on any atom is 0.355 e. The van der Waals surface area contributed by atoms with Gasteiger partial charge in [0.1, 0.15) is 5.71 Å². The lowest BCUT2D eigenvalue weighted by atomic mass is 10.0. The van der Waals surface area contributed by atoms with Crippen molar-refractivity contribution in [3.05, 3.63) is 96.1 Å². The summed E-state index contributed by atoms with van der Waals surface area (Å²) in [6, 6.07) is 27.4. The Morgan fingerprint density at radius 1 is 0.906 bits per heavy atom. The number of carbonyl (C=O) groups excluding carboxylic acids is 2. The molecule has 1 amide bonds. The van der Waals surface area contributed by atoms with Crippen molar-refractivity contribution in [2.24, 2.45) is 5.10 Å². The summed E-state index contributed by atoms with van der Waals surface area (Å²) < 4.78 is 5.40. The van der Waals surface area contributed by atoms with Crippen LogP contribution in [0.25, 0.3) is 0 Å². The number of nitrogens with zero attached hydrogens (tertiary/aromatic N) is 3. The zero-order chi connectivity index (χ0) is 21.9. The van der Waals surface area contributed by atoms with Crippen molar-refractivity contribution in [1.29, 1.82) is 0 Å². The van der Waals surface area contributed by atoms with Gasteiger partial charge in [-0.15, -0.1) is 0 Å². The summed E-state index contributed by atoms with van der Waals surface area (Å²) in [5.41, 5.74) is 4.31. The normalized spacial score (nSPS) is 17.1. The van der Waals surface area contributed by atoms with E-state index in [0.29, 0.717) is 18.7 Å². The van der Waals surface area contributed by atoms with Crippen LogP contribution in [0.3, 0.4) is 0 Å². The van der Waals surface area contributed by atoms with Gasteiger partial charge in [-0.3, -0.25) is 9.80 Å². The summed E-state index contributed by atoms with van der Waals surface area (Å²) in [6.07, 6.45) is 1.23. The number of anilines is 2. The minimum atomic E-state index is -0.551. The van der Waals surface area contributed by atoms with Gasteiger partial charge in [0.05, 0.1) is 11.7 Å². The second-order valence-corrected chi connectivity index (χ2v) is 7.86. The SMILES string of the molecule is O=C(OCC(=O)N1CCc2ccccc21)C1=NN(c2ccccc2)C(c2ccccc2)C1. The molecule has 0 N–H and O–H groups in total. The van der Waals surface area contributed by atoms with Crippen molar-refractivity contribution in [3.8, 4) is 0 Å². The number of benzene rings is 3. The number of amides is 1. The molecule has 0 fully saturated rings. The van der Waals surface area contributed by atoms with Crippen LogP contribution >= 0.6 is 0 Å². The van der Waals surface area contributed by atoms with E-state index in [9.17, 15) is 9.59 Å². The first kappa shape index (κ1) is 20.0. The van der Waals surface area contributed by atoms with E-state index in [0.717, 1.165) is 28.9 Å². The molecule has 3 aromatic rings. The Morgan fingerprint density at radius 2 is 1.59 bits per heavy atom. The minimum Gasteiger partial charge on any atom is -0.451 e. The smallest absolute Gasteiger partial charge is 0.355 e. The molecule has 3 aromatic carbocycles. The van der Waals surface area contributed by atoms with Crippen molar-refractivity contribution >= 4 is 29.0 Å². The lowest BCUT2D eigenvalue weighted by molar-refractivity contribution is -0.141. The number of rotatable bonds is 5. The number of carbonyl (C=O) groups is 2. The van der Waals surface area contributed by atoms with Crippen LogP contribution in [0, 0.1) is 0 Å². The van der Waals surface area contributed by atoms with Gasteiger partial charge < -0.3 is 9.64 Å². The largest absolute Gasteiger partial charge is 0.451 e. The number of hydrogen-bond acceptors (Lipinski definition) is 5. The highest BCUT2D eigenvalue weighted by Gasteiger charge is 2.34. The Labute approximate surface area is 186 Å². The lowest BCUT2D eigenvalue weighted by Gasteiger charge is -2.23. The quantitative estimate of drug-likeness (QED) is 0.577. The van der Waals surface area contributed by atoms with E-state index in [1.54, 1.807) is 4.90 Å². The molecule has 0 spiro atoms. The molecule has 0 saturated carbocycles. The van der Waals surface area contributed by atoms with Crippen LogP contribution in [0.1, 0.15) is 23.6 Å². The fraction of sp³-hybridized carbons (Fsp3) is 0.192. The van der Waals surface area contributed by atoms with Crippen LogP contribution in [-0.2, 0) is 20.7 Å². The van der Waals surface area contributed by atoms with E-state index in [1.165, 1.54) is 0 Å². The lowest BCUT2D eigenvalue weighted by Crippen LogP contribution is -2.34. The van der Waals surface area contributed by atoms with Gasteiger partial charge in [-0.1, -0.05) is 66.7 Å². The van der Waals surface area contributed by atoms with E-state index in [1.807, 2.05) is 89.9 Å². The van der Waals surface area contributed by atoms with Crippen LogP contribution in [0.4, 0.5) is 11.4 Å². The number of esters is 1. The van der Waals surface area contributed by atoms with E-state index in [2.05, 4.69) is 5.10 Å². The third-order valence-electron chi connectivity index (χ3n) is 5.87. The molecule has 1 unspecified atom stereocenters. The molecule has 2 heterocycles. The topological polar surface area (TPSA) is 62.2 Å². The van der Waals surface area contributed by atoms with Crippen molar-refractivity contribution in [2.75, 3.05) is 23.1 Å². The molecule has 0 radical (unpaired) electrons. The predicted molar refractivity (Wildman–Crippen MR) is 124 cm³/mol.